The number of aromatic nitrogens is 3. The van der Waals surface area contributed by atoms with Crippen molar-refractivity contribution in [3.63, 3.8) is 0 Å². The lowest BCUT2D eigenvalue weighted by atomic mass is 10.0. The van der Waals surface area contributed by atoms with Crippen LogP contribution in [0.25, 0.3) is 0 Å². The summed E-state index contributed by atoms with van der Waals surface area (Å²) in [5, 5.41) is 10.6. The summed E-state index contributed by atoms with van der Waals surface area (Å²) in [7, 11) is -3.07. The first kappa shape index (κ1) is 15.7. The summed E-state index contributed by atoms with van der Waals surface area (Å²) in [6.45, 7) is 2.26. The monoisotopic (exact) mass is 334 g/mol. The number of amides is 1. The summed E-state index contributed by atoms with van der Waals surface area (Å²) in [5.74, 6) is -0.335. The molecule has 0 unspecified atom stereocenters. The lowest BCUT2D eigenvalue weighted by Gasteiger charge is -2.22. The molecule has 2 aromatic rings. The number of benzene rings is 1. The number of hydrogen-bond donors (Lipinski definition) is 1. The molecule has 1 amide bonds. The molecule has 2 heterocycles. The van der Waals surface area contributed by atoms with Crippen LogP contribution < -0.4 is 5.32 Å². The van der Waals surface area contributed by atoms with Gasteiger partial charge in [-0.3, -0.25) is 4.79 Å². The molecular weight excluding hydrogens is 316 g/mol. The van der Waals surface area contributed by atoms with Crippen molar-refractivity contribution >= 4 is 15.7 Å². The Morgan fingerprint density at radius 1 is 1.35 bits per heavy atom. The van der Waals surface area contributed by atoms with Crippen molar-refractivity contribution in [2.24, 2.45) is 0 Å². The third-order valence-electron chi connectivity index (χ3n) is 3.88. The zero-order valence-electron chi connectivity index (χ0n) is 12.8. The van der Waals surface area contributed by atoms with Crippen molar-refractivity contribution in [1.29, 1.82) is 0 Å². The Balaban J connectivity index is 1.67. The van der Waals surface area contributed by atoms with Crippen LogP contribution >= 0.6 is 0 Å². The van der Waals surface area contributed by atoms with Crippen molar-refractivity contribution in [2.75, 3.05) is 11.5 Å². The van der Waals surface area contributed by atoms with E-state index in [1.165, 1.54) is 0 Å². The Morgan fingerprint density at radius 3 is 2.74 bits per heavy atom. The van der Waals surface area contributed by atoms with Gasteiger partial charge in [-0.25, -0.2) is 13.1 Å². The fourth-order valence-corrected chi connectivity index (χ4v) is 4.79. The van der Waals surface area contributed by atoms with Gasteiger partial charge in [-0.05, 0) is 18.9 Å². The molecule has 1 aromatic heterocycles. The fourth-order valence-electron chi connectivity index (χ4n) is 2.70. The van der Waals surface area contributed by atoms with Gasteiger partial charge in [0.25, 0.3) is 5.91 Å². The van der Waals surface area contributed by atoms with Crippen molar-refractivity contribution < 1.29 is 13.2 Å². The molecular formula is C15H18N4O3S. The lowest BCUT2D eigenvalue weighted by molar-refractivity contribution is 0.0910. The molecule has 122 valence electrons. The van der Waals surface area contributed by atoms with Crippen LogP contribution in [0.3, 0.4) is 0 Å². The number of nitrogens with one attached hydrogen (secondary N) is 1. The zero-order valence-corrected chi connectivity index (χ0v) is 13.6. The number of hydrogen-bond acceptors (Lipinski definition) is 5. The molecule has 0 bridgehead atoms. The number of carbonyl (C=O) groups excluding carboxylic acids is 1. The van der Waals surface area contributed by atoms with Gasteiger partial charge in [-0.2, -0.15) is 0 Å². The van der Waals surface area contributed by atoms with Crippen LogP contribution in [-0.4, -0.2) is 46.4 Å². The highest BCUT2D eigenvalue weighted by Gasteiger charge is 2.39. The van der Waals surface area contributed by atoms with Crippen LogP contribution in [0.2, 0.25) is 0 Å². The van der Waals surface area contributed by atoms with Gasteiger partial charge in [0.15, 0.2) is 15.5 Å². The molecule has 1 aromatic carbocycles. The molecule has 0 radical (unpaired) electrons. The van der Waals surface area contributed by atoms with E-state index in [2.05, 4.69) is 15.6 Å². The Hall–Kier alpha value is -2.22. The average molecular weight is 334 g/mol. The van der Waals surface area contributed by atoms with Crippen molar-refractivity contribution in [1.82, 2.24) is 20.3 Å². The Morgan fingerprint density at radius 2 is 2.09 bits per heavy atom. The summed E-state index contributed by atoms with van der Waals surface area (Å²) in [4.78, 5) is 12.3. The molecule has 3 rings (SSSR count). The van der Waals surface area contributed by atoms with Gasteiger partial charge in [-0.15, -0.1) is 5.10 Å². The number of sulfone groups is 1. The molecule has 0 aliphatic carbocycles. The number of carbonyl (C=O) groups is 1. The summed E-state index contributed by atoms with van der Waals surface area (Å²) in [6, 6.07) is 9.72. The molecule has 8 heteroatoms. The minimum absolute atomic E-state index is 0.0378. The second-order valence-electron chi connectivity index (χ2n) is 6.14. The smallest absolute Gasteiger partial charge is 0.273 e. The summed E-state index contributed by atoms with van der Waals surface area (Å²) in [5.41, 5.74) is 0.503. The van der Waals surface area contributed by atoms with Crippen LogP contribution in [0.4, 0.5) is 0 Å². The maximum Gasteiger partial charge on any atom is 0.273 e. The molecule has 7 nitrogen and oxygen atoms in total. The largest absolute Gasteiger partial charge is 0.344 e. The lowest BCUT2D eigenvalue weighted by Crippen LogP contribution is -2.47. The van der Waals surface area contributed by atoms with Gasteiger partial charge >= 0.3 is 0 Å². The van der Waals surface area contributed by atoms with E-state index in [-0.39, 0.29) is 17.2 Å². The van der Waals surface area contributed by atoms with E-state index in [1.807, 2.05) is 30.3 Å². The van der Waals surface area contributed by atoms with Gasteiger partial charge in [0.1, 0.15) is 0 Å². The maximum absolute atomic E-state index is 12.3. The second kappa shape index (κ2) is 5.77. The molecule has 1 aliphatic rings. The highest BCUT2D eigenvalue weighted by atomic mass is 32.2. The third-order valence-corrected chi connectivity index (χ3v) is 5.78. The molecule has 23 heavy (non-hydrogen) atoms. The normalized spacial score (nSPS) is 22.8. The molecule has 0 spiro atoms. The summed E-state index contributed by atoms with van der Waals surface area (Å²) < 4.78 is 24.8. The van der Waals surface area contributed by atoms with Crippen LogP contribution in [0.15, 0.2) is 36.5 Å². The first-order chi connectivity index (χ1) is 10.9. The minimum Gasteiger partial charge on any atom is -0.344 e. The summed E-state index contributed by atoms with van der Waals surface area (Å²) >= 11 is 0. The predicted octanol–water partition coefficient (Wildman–Crippen LogP) is 0.633. The number of nitrogens with zero attached hydrogens (tertiary/aromatic N) is 3. The van der Waals surface area contributed by atoms with E-state index >= 15 is 0 Å². The molecule has 1 saturated heterocycles. The Bertz CT molecular complexity index is 816. The molecule has 1 aliphatic heterocycles. The Kier molecular flexibility index (Phi) is 3.93. The van der Waals surface area contributed by atoms with Crippen molar-refractivity contribution in [3.8, 4) is 0 Å². The van der Waals surface area contributed by atoms with E-state index in [0.717, 1.165) is 5.56 Å². The van der Waals surface area contributed by atoms with Crippen LogP contribution in [0.5, 0.6) is 0 Å². The van der Waals surface area contributed by atoms with Gasteiger partial charge in [-0.1, -0.05) is 35.5 Å². The molecule has 1 fully saturated rings. The van der Waals surface area contributed by atoms with E-state index in [0.29, 0.717) is 13.0 Å². The molecule has 1 atom stereocenters. The minimum atomic E-state index is -3.07. The fraction of sp³-hybridized carbons (Fsp3) is 0.400. The van der Waals surface area contributed by atoms with Crippen molar-refractivity contribution in [3.05, 3.63) is 47.8 Å². The van der Waals surface area contributed by atoms with Crippen LogP contribution in [0, 0.1) is 0 Å². The van der Waals surface area contributed by atoms with E-state index in [4.69, 9.17) is 0 Å². The van der Waals surface area contributed by atoms with Gasteiger partial charge in [0.2, 0.25) is 0 Å². The van der Waals surface area contributed by atoms with Crippen LogP contribution in [-0.2, 0) is 16.4 Å². The topological polar surface area (TPSA) is 93.9 Å². The molecule has 0 saturated carbocycles. The Labute approximate surface area is 134 Å². The molecule has 1 N–H and O–H groups in total. The van der Waals surface area contributed by atoms with Crippen molar-refractivity contribution in [2.45, 2.75) is 25.4 Å². The third kappa shape index (κ3) is 3.76. The van der Waals surface area contributed by atoms with Crippen LogP contribution in [0.1, 0.15) is 29.4 Å². The highest BCUT2D eigenvalue weighted by Crippen LogP contribution is 2.23. The first-order valence-corrected chi connectivity index (χ1v) is 9.14. The second-order valence-corrected chi connectivity index (χ2v) is 8.33. The van der Waals surface area contributed by atoms with Gasteiger partial charge in [0.05, 0.1) is 29.8 Å². The van der Waals surface area contributed by atoms with Gasteiger partial charge in [0, 0.05) is 0 Å². The number of rotatable bonds is 4. The van der Waals surface area contributed by atoms with E-state index in [1.54, 1.807) is 17.8 Å². The quantitative estimate of drug-likeness (QED) is 0.885. The standard InChI is InChI=1S/C15H18N4O3S/c1-15(7-8-23(21,22)11-15)16-14(20)13-10-19(18-17-13)9-12-5-3-2-4-6-12/h2-6,10H,7-9,11H2,1H3,(H,16,20)/t15-/m0/s1. The zero-order chi connectivity index (χ0) is 16.5. The predicted molar refractivity (Wildman–Crippen MR) is 84.7 cm³/mol. The van der Waals surface area contributed by atoms with E-state index in [9.17, 15) is 13.2 Å². The average Bonchev–Trinajstić information content (AvgIpc) is 3.04. The van der Waals surface area contributed by atoms with E-state index < -0.39 is 21.3 Å². The highest BCUT2D eigenvalue weighted by molar-refractivity contribution is 7.91. The van der Waals surface area contributed by atoms with Gasteiger partial charge < -0.3 is 5.32 Å². The SMILES string of the molecule is C[C@]1(NC(=O)c2cn(Cc3ccccc3)nn2)CCS(=O)(=O)C1. The maximum atomic E-state index is 12.3. The summed E-state index contributed by atoms with van der Waals surface area (Å²) in [6.07, 6.45) is 1.98. The first-order valence-electron chi connectivity index (χ1n) is 7.32.